The summed E-state index contributed by atoms with van der Waals surface area (Å²) in [5.41, 5.74) is 9.82. The minimum atomic E-state index is -0.446. The molecule has 6 N–H and O–H groups in total. The molecule has 0 saturated heterocycles. The maximum atomic E-state index is 13.8. The molecule has 0 radical (unpaired) electrons. The van der Waals surface area contributed by atoms with Crippen LogP contribution in [0.15, 0.2) is 6.07 Å². The second kappa shape index (κ2) is 6.41. The normalized spacial score (nSPS) is 11.5. The SMILES string of the molecule is CCC(N)(CC)CNc1c(NN)cc(C)c(F)c1Cl. The van der Waals surface area contributed by atoms with E-state index in [0.29, 0.717) is 23.5 Å². The molecule has 0 atom stereocenters. The molecule has 6 heteroatoms. The summed E-state index contributed by atoms with van der Waals surface area (Å²) in [5.74, 6) is 4.99. The molecule has 0 bridgehead atoms. The van der Waals surface area contributed by atoms with Gasteiger partial charge in [-0.1, -0.05) is 25.4 Å². The predicted octanol–water partition coefficient (Wildman–Crippen LogP) is 3.00. The highest BCUT2D eigenvalue weighted by molar-refractivity contribution is 6.34. The lowest BCUT2D eigenvalue weighted by atomic mass is 9.94. The number of halogens is 2. The van der Waals surface area contributed by atoms with Gasteiger partial charge in [-0.25, -0.2) is 4.39 Å². The predicted molar refractivity (Wildman–Crippen MR) is 79.9 cm³/mol. The fraction of sp³-hybridized carbons (Fsp3) is 0.538. The fourth-order valence-corrected chi connectivity index (χ4v) is 2.12. The number of hydrazine groups is 1. The summed E-state index contributed by atoms with van der Waals surface area (Å²) in [7, 11) is 0. The standard InChI is InChI=1S/C13H22ClFN4/c1-4-13(16,5-2)7-18-12-9(19-17)6-8(3)11(15)10(12)14/h6,18-19H,4-5,7,16-17H2,1-3H3. The summed E-state index contributed by atoms with van der Waals surface area (Å²) in [6, 6.07) is 1.61. The number of nitrogens with two attached hydrogens (primary N) is 2. The quantitative estimate of drug-likeness (QED) is 0.479. The van der Waals surface area contributed by atoms with Crippen LogP contribution in [0.5, 0.6) is 0 Å². The van der Waals surface area contributed by atoms with Gasteiger partial charge in [-0.3, -0.25) is 5.84 Å². The van der Waals surface area contributed by atoms with Gasteiger partial charge in [0, 0.05) is 12.1 Å². The molecular formula is C13H22ClFN4. The highest BCUT2D eigenvalue weighted by atomic mass is 35.5. The summed E-state index contributed by atoms with van der Waals surface area (Å²) in [5, 5.41) is 3.13. The van der Waals surface area contributed by atoms with Crippen LogP contribution >= 0.6 is 11.6 Å². The number of rotatable bonds is 6. The van der Waals surface area contributed by atoms with Gasteiger partial charge in [0.2, 0.25) is 0 Å². The van der Waals surface area contributed by atoms with E-state index in [4.69, 9.17) is 23.2 Å². The highest BCUT2D eigenvalue weighted by Gasteiger charge is 2.22. The van der Waals surface area contributed by atoms with Gasteiger partial charge in [0.25, 0.3) is 0 Å². The van der Waals surface area contributed by atoms with Crippen LogP contribution < -0.4 is 22.3 Å². The van der Waals surface area contributed by atoms with Gasteiger partial charge in [-0.05, 0) is 31.4 Å². The molecule has 0 heterocycles. The second-order valence-corrected chi connectivity index (χ2v) is 5.19. The van der Waals surface area contributed by atoms with E-state index in [1.807, 2.05) is 13.8 Å². The molecule has 1 aromatic rings. The molecule has 0 aliphatic rings. The number of benzene rings is 1. The Morgan fingerprint density at radius 3 is 2.42 bits per heavy atom. The number of anilines is 2. The van der Waals surface area contributed by atoms with Crippen LogP contribution in [0, 0.1) is 12.7 Å². The lowest BCUT2D eigenvalue weighted by molar-refractivity contribution is 0.418. The van der Waals surface area contributed by atoms with Gasteiger partial charge in [-0.2, -0.15) is 0 Å². The van der Waals surface area contributed by atoms with Crippen molar-refractivity contribution in [3.63, 3.8) is 0 Å². The van der Waals surface area contributed by atoms with Crippen LogP contribution in [0.3, 0.4) is 0 Å². The summed E-state index contributed by atoms with van der Waals surface area (Å²) in [6.45, 7) is 6.17. The van der Waals surface area contributed by atoms with Crippen LogP contribution in [0.25, 0.3) is 0 Å². The van der Waals surface area contributed by atoms with E-state index < -0.39 is 5.82 Å². The summed E-state index contributed by atoms with van der Waals surface area (Å²) in [6.07, 6.45) is 1.63. The van der Waals surface area contributed by atoms with Crippen molar-refractivity contribution in [3.05, 3.63) is 22.5 Å². The monoisotopic (exact) mass is 288 g/mol. The molecule has 4 nitrogen and oxygen atoms in total. The number of hydrogen-bond acceptors (Lipinski definition) is 4. The molecule has 0 aromatic heterocycles. The van der Waals surface area contributed by atoms with Crippen molar-refractivity contribution in [2.75, 3.05) is 17.3 Å². The first-order chi connectivity index (χ1) is 8.88. The molecule has 0 aliphatic carbocycles. The Bertz CT molecular complexity index is 447. The van der Waals surface area contributed by atoms with E-state index in [-0.39, 0.29) is 10.6 Å². The maximum absolute atomic E-state index is 13.8. The van der Waals surface area contributed by atoms with Crippen LogP contribution in [-0.2, 0) is 0 Å². The summed E-state index contributed by atoms with van der Waals surface area (Å²) >= 11 is 6.02. The minimum absolute atomic E-state index is 0.0301. The first kappa shape index (κ1) is 16.0. The van der Waals surface area contributed by atoms with E-state index in [1.54, 1.807) is 13.0 Å². The van der Waals surface area contributed by atoms with Crippen molar-refractivity contribution in [1.82, 2.24) is 0 Å². The van der Waals surface area contributed by atoms with Gasteiger partial charge in [0.05, 0.1) is 11.4 Å². The zero-order chi connectivity index (χ0) is 14.6. The van der Waals surface area contributed by atoms with Crippen molar-refractivity contribution in [2.45, 2.75) is 39.2 Å². The Balaban J connectivity index is 3.04. The summed E-state index contributed by atoms with van der Waals surface area (Å²) in [4.78, 5) is 0. The average Bonchev–Trinajstić information content (AvgIpc) is 2.43. The van der Waals surface area contributed by atoms with Crippen molar-refractivity contribution in [2.24, 2.45) is 11.6 Å². The van der Waals surface area contributed by atoms with E-state index in [1.165, 1.54) is 0 Å². The van der Waals surface area contributed by atoms with E-state index >= 15 is 0 Å². The fourth-order valence-electron chi connectivity index (χ4n) is 1.80. The lowest BCUT2D eigenvalue weighted by Gasteiger charge is -2.28. The van der Waals surface area contributed by atoms with Gasteiger partial charge < -0.3 is 16.5 Å². The Labute approximate surface area is 118 Å². The third-order valence-electron chi connectivity index (χ3n) is 3.57. The number of hydrogen-bond donors (Lipinski definition) is 4. The van der Waals surface area contributed by atoms with Crippen LogP contribution in [0.2, 0.25) is 5.02 Å². The molecule has 0 fully saturated rings. The number of aryl methyl sites for hydroxylation is 1. The van der Waals surface area contributed by atoms with Crippen molar-refractivity contribution in [3.8, 4) is 0 Å². The third-order valence-corrected chi connectivity index (χ3v) is 3.92. The second-order valence-electron chi connectivity index (χ2n) is 4.81. The van der Waals surface area contributed by atoms with Crippen LogP contribution in [-0.4, -0.2) is 12.1 Å². The van der Waals surface area contributed by atoms with Gasteiger partial charge in [0.1, 0.15) is 10.8 Å². The zero-order valence-corrected chi connectivity index (χ0v) is 12.4. The minimum Gasteiger partial charge on any atom is -0.380 e. The smallest absolute Gasteiger partial charge is 0.146 e. The molecule has 1 aromatic carbocycles. The molecule has 0 aliphatic heterocycles. The molecule has 0 saturated carbocycles. The van der Waals surface area contributed by atoms with E-state index in [0.717, 1.165) is 12.8 Å². The van der Waals surface area contributed by atoms with Gasteiger partial charge in [-0.15, -0.1) is 0 Å². The molecule has 1 rings (SSSR count). The Morgan fingerprint density at radius 1 is 1.37 bits per heavy atom. The average molecular weight is 289 g/mol. The lowest BCUT2D eigenvalue weighted by Crippen LogP contribution is -2.45. The summed E-state index contributed by atoms with van der Waals surface area (Å²) < 4.78 is 13.8. The van der Waals surface area contributed by atoms with Crippen LogP contribution in [0.4, 0.5) is 15.8 Å². The Hall–Kier alpha value is -1.04. The zero-order valence-electron chi connectivity index (χ0n) is 11.6. The third kappa shape index (κ3) is 3.49. The van der Waals surface area contributed by atoms with Crippen molar-refractivity contribution < 1.29 is 4.39 Å². The number of nitrogen functional groups attached to an aromatic ring is 1. The Morgan fingerprint density at radius 2 is 1.95 bits per heavy atom. The molecule has 0 unspecified atom stereocenters. The molecular weight excluding hydrogens is 267 g/mol. The van der Waals surface area contributed by atoms with Crippen molar-refractivity contribution >= 4 is 23.0 Å². The maximum Gasteiger partial charge on any atom is 0.146 e. The number of nitrogens with one attached hydrogen (secondary N) is 2. The molecule has 108 valence electrons. The van der Waals surface area contributed by atoms with E-state index in [9.17, 15) is 4.39 Å². The first-order valence-electron chi connectivity index (χ1n) is 6.36. The van der Waals surface area contributed by atoms with Crippen molar-refractivity contribution in [1.29, 1.82) is 0 Å². The first-order valence-corrected chi connectivity index (χ1v) is 6.74. The van der Waals surface area contributed by atoms with E-state index in [2.05, 4.69) is 10.7 Å². The topological polar surface area (TPSA) is 76.1 Å². The molecule has 19 heavy (non-hydrogen) atoms. The van der Waals surface area contributed by atoms with Gasteiger partial charge >= 0.3 is 0 Å². The molecule has 0 spiro atoms. The Kier molecular flexibility index (Phi) is 5.40. The highest BCUT2D eigenvalue weighted by Crippen LogP contribution is 2.35. The van der Waals surface area contributed by atoms with Crippen LogP contribution in [0.1, 0.15) is 32.3 Å². The molecule has 0 amide bonds. The largest absolute Gasteiger partial charge is 0.380 e. The van der Waals surface area contributed by atoms with Gasteiger partial charge in [0.15, 0.2) is 0 Å².